The Bertz CT molecular complexity index is 166. The van der Waals surface area contributed by atoms with E-state index in [1.165, 1.54) is 19.3 Å². The molecular formula is C12H18OY3-4. The third-order valence-electron chi connectivity index (χ3n) is 3.07. The van der Waals surface area contributed by atoms with Crippen molar-refractivity contribution in [1.82, 2.24) is 0 Å². The van der Waals surface area contributed by atoms with Gasteiger partial charge in [-0.1, -0.05) is 0 Å². The van der Waals surface area contributed by atoms with E-state index >= 15 is 0 Å². The van der Waals surface area contributed by atoms with Gasteiger partial charge in [0.15, 0.2) is 0 Å². The van der Waals surface area contributed by atoms with E-state index in [4.69, 9.17) is 4.74 Å². The van der Waals surface area contributed by atoms with Gasteiger partial charge in [-0.25, -0.2) is 19.3 Å². The van der Waals surface area contributed by atoms with E-state index in [0.29, 0.717) is 11.8 Å². The fraction of sp³-hybridized carbons (Fsp3) is 0.667. The number of hydrogen-bond donors (Lipinski definition) is 0. The van der Waals surface area contributed by atoms with E-state index in [1.54, 1.807) is 7.11 Å². The van der Waals surface area contributed by atoms with Gasteiger partial charge in [0, 0.05) is 112 Å². The maximum atomic E-state index is 5.19. The van der Waals surface area contributed by atoms with Crippen LogP contribution >= 0.6 is 0 Å². The Balaban J connectivity index is 0. The first-order valence-corrected chi connectivity index (χ1v) is 5.24. The summed E-state index contributed by atoms with van der Waals surface area (Å²) in [6.07, 6.45) is 13.6. The van der Waals surface area contributed by atoms with Crippen LogP contribution in [0.15, 0.2) is 0 Å². The first kappa shape index (κ1) is 21.6. The Kier molecular flexibility index (Phi) is 16.2. The zero-order valence-electron chi connectivity index (χ0n) is 10.0. The molecule has 85 valence electrons. The Morgan fingerprint density at radius 1 is 1.00 bits per heavy atom. The van der Waals surface area contributed by atoms with Crippen LogP contribution in [0.25, 0.3) is 0 Å². The molecular weight excluding hydrogens is 427 g/mol. The van der Waals surface area contributed by atoms with Crippen molar-refractivity contribution >= 4 is 0 Å². The molecule has 0 N–H and O–H groups in total. The van der Waals surface area contributed by atoms with Crippen LogP contribution in [0.1, 0.15) is 19.3 Å². The average Bonchev–Trinajstić information content (AvgIpc) is 2.18. The van der Waals surface area contributed by atoms with Crippen molar-refractivity contribution in [2.45, 2.75) is 19.3 Å². The second-order valence-electron chi connectivity index (χ2n) is 4.08. The summed E-state index contributed by atoms with van der Waals surface area (Å²) in [6.45, 7) is 0.883. The molecule has 0 aromatic carbocycles. The van der Waals surface area contributed by atoms with Gasteiger partial charge in [0.25, 0.3) is 0 Å². The third kappa shape index (κ3) is 6.63. The predicted octanol–water partition coefficient (Wildman–Crippen LogP) is 2.49. The van der Waals surface area contributed by atoms with Crippen molar-refractivity contribution in [2.75, 3.05) is 13.7 Å². The Labute approximate surface area is 176 Å². The summed E-state index contributed by atoms with van der Waals surface area (Å²) < 4.78 is 5.19. The summed E-state index contributed by atoms with van der Waals surface area (Å²) in [6, 6.07) is 0. The van der Waals surface area contributed by atoms with Gasteiger partial charge in [0.05, 0.1) is 0 Å². The van der Waals surface area contributed by atoms with Gasteiger partial charge in [0.2, 0.25) is 0 Å². The maximum absolute atomic E-state index is 5.19. The molecule has 2 fully saturated rings. The molecule has 3 atom stereocenters. The standard InChI is InChI=1S/C12H18O.3Y/c1-13-9-10-6-7-11-4-2-3-5-12(11)8-10;;;/h4-5,7-8,10-12H,2-3,6,9H2,1H3;;;/q-4;;;. The number of hydrogen-bond acceptors (Lipinski definition) is 1. The monoisotopic (exact) mass is 445 g/mol. The fourth-order valence-corrected chi connectivity index (χ4v) is 2.41. The summed E-state index contributed by atoms with van der Waals surface area (Å²) in [4.78, 5) is 0. The molecule has 2 rings (SSSR count). The molecule has 0 saturated heterocycles. The number of ether oxygens (including phenoxy) is 1. The minimum Gasteiger partial charge on any atom is -0.387 e. The number of methoxy groups -OCH3 is 1. The molecule has 0 aliphatic heterocycles. The van der Waals surface area contributed by atoms with Gasteiger partial charge in [-0.15, -0.1) is 0 Å². The molecule has 0 spiro atoms. The molecule has 0 aromatic rings. The Morgan fingerprint density at radius 2 is 1.62 bits per heavy atom. The van der Waals surface area contributed by atoms with E-state index in [9.17, 15) is 0 Å². The molecule has 2 saturated carbocycles. The summed E-state index contributed by atoms with van der Waals surface area (Å²) in [5, 5.41) is 0. The SMILES string of the molecule is COCC1[CH-]C2[CH-]CC[CH-]C2[CH-]C1.[Y].[Y].[Y]. The van der Waals surface area contributed by atoms with E-state index < -0.39 is 0 Å². The molecule has 2 aliphatic rings. The van der Waals surface area contributed by atoms with Crippen LogP contribution in [-0.4, -0.2) is 13.7 Å². The molecule has 1 nitrogen and oxygen atoms in total. The van der Waals surface area contributed by atoms with Crippen LogP contribution in [0, 0.1) is 43.4 Å². The van der Waals surface area contributed by atoms with Crippen molar-refractivity contribution in [3.8, 4) is 0 Å². The van der Waals surface area contributed by atoms with Gasteiger partial charge >= 0.3 is 0 Å². The van der Waals surface area contributed by atoms with Gasteiger partial charge in [-0.3, -0.25) is 0 Å². The van der Waals surface area contributed by atoms with Crippen molar-refractivity contribution in [1.29, 1.82) is 0 Å². The van der Waals surface area contributed by atoms with Crippen molar-refractivity contribution in [3.05, 3.63) is 25.7 Å². The number of fused-ring (bicyclic) bond motifs is 1. The minimum absolute atomic E-state index is 0. The second-order valence-corrected chi connectivity index (χ2v) is 4.08. The van der Waals surface area contributed by atoms with Gasteiger partial charge < -0.3 is 42.3 Å². The molecule has 16 heavy (non-hydrogen) atoms. The molecule has 0 bridgehead atoms. The summed E-state index contributed by atoms with van der Waals surface area (Å²) >= 11 is 0. The Morgan fingerprint density at radius 3 is 2.25 bits per heavy atom. The Hall–Kier alpha value is 3.27. The molecule has 3 radical (unpaired) electrons. The third-order valence-corrected chi connectivity index (χ3v) is 3.07. The topological polar surface area (TPSA) is 9.23 Å². The van der Waals surface area contributed by atoms with Crippen LogP contribution in [-0.2, 0) is 103 Å². The quantitative estimate of drug-likeness (QED) is 0.595. The molecule has 0 amide bonds. The number of rotatable bonds is 2. The van der Waals surface area contributed by atoms with Crippen molar-refractivity contribution < 1.29 is 103 Å². The molecule has 3 unspecified atom stereocenters. The van der Waals surface area contributed by atoms with Crippen LogP contribution < -0.4 is 0 Å². The van der Waals surface area contributed by atoms with Crippen LogP contribution in [0.4, 0.5) is 0 Å². The van der Waals surface area contributed by atoms with Crippen LogP contribution in [0.3, 0.4) is 0 Å². The second kappa shape index (κ2) is 12.0. The van der Waals surface area contributed by atoms with Gasteiger partial charge in [-0.05, 0) is 0 Å². The summed E-state index contributed by atoms with van der Waals surface area (Å²) in [7, 11) is 1.79. The summed E-state index contributed by atoms with van der Waals surface area (Å²) in [5.74, 6) is 2.07. The molecule has 0 heterocycles. The first-order valence-electron chi connectivity index (χ1n) is 5.24. The van der Waals surface area contributed by atoms with Crippen molar-refractivity contribution in [2.24, 2.45) is 17.8 Å². The molecule has 0 aromatic heterocycles. The first-order chi connectivity index (χ1) is 6.40. The van der Waals surface area contributed by atoms with E-state index in [0.717, 1.165) is 12.5 Å². The molecule has 2 aliphatic carbocycles. The normalized spacial score (nSPS) is 32.4. The van der Waals surface area contributed by atoms with Gasteiger partial charge in [0.1, 0.15) is 0 Å². The largest absolute Gasteiger partial charge is 0.387 e. The van der Waals surface area contributed by atoms with Crippen molar-refractivity contribution in [3.63, 3.8) is 0 Å². The molecule has 4 heteroatoms. The predicted molar refractivity (Wildman–Crippen MR) is 53.4 cm³/mol. The zero-order valence-corrected chi connectivity index (χ0v) is 18.5. The fourth-order valence-electron chi connectivity index (χ4n) is 2.41. The van der Waals surface area contributed by atoms with Gasteiger partial charge in [-0.2, -0.15) is 5.92 Å². The summed E-state index contributed by atoms with van der Waals surface area (Å²) in [5.41, 5.74) is 0. The average molecular weight is 445 g/mol. The maximum Gasteiger partial charge on any atom is 0.0353 e. The smallest absolute Gasteiger partial charge is 0.0353 e. The zero-order chi connectivity index (χ0) is 9.10. The van der Waals surface area contributed by atoms with E-state index in [-0.39, 0.29) is 98.1 Å². The minimum atomic E-state index is 0. The van der Waals surface area contributed by atoms with Crippen LogP contribution in [0.2, 0.25) is 0 Å². The van der Waals surface area contributed by atoms with E-state index in [1.807, 2.05) is 0 Å². The van der Waals surface area contributed by atoms with E-state index in [2.05, 4.69) is 25.7 Å². The van der Waals surface area contributed by atoms with Crippen LogP contribution in [0.5, 0.6) is 0 Å².